The van der Waals surface area contributed by atoms with Gasteiger partial charge in [-0.05, 0) is 60.7 Å². The summed E-state index contributed by atoms with van der Waals surface area (Å²) in [5, 5.41) is 6.40. The molecule has 0 spiro atoms. The van der Waals surface area contributed by atoms with Gasteiger partial charge < -0.3 is 16.4 Å². The van der Waals surface area contributed by atoms with Crippen molar-refractivity contribution in [1.29, 1.82) is 0 Å². The Kier molecular flexibility index (Phi) is 8.65. The van der Waals surface area contributed by atoms with Gasteiger partial charge in [0.05, 0.1) is 5.69 Å². The molecule has 4 rings (SSSR count). The minimum atomic E-state index is -4.03. The lowest BCUT2D eigenvalue weighted by Crippen LogP contribution is -2.32. The monoisotopic (exact) mass is 586 g/mol. The molecule has 1 aromatic heterocycles. The number of para-hydroxylation sites is 1. The maximum atomic E-state index is 14.3. The van der Waals surface area contributed by atoms with Crippen molar-refractivity contribution in [2.45, 2.75) is 11.4 Å². The first-order valence-electron chi connectivity index (χ1n) is 11.3. The third-order valence-electron chi connectivity index (χ3n) is 5.21. The van der Waals surface area contributed by atoms with Crippen LogP contribution in [-0.4, -0.2) is 25.3 Å². The predicted octanol–water partition coefficient (Wildman–Crippen LogP) is 5.31. The van der Waals surface area contributed by atoms with E-state index >= 15 is 0 Å². The number of aliphatic imine (C=N–C) groups is 1. The molecule has 9 nitrogen and oxygen atoms in total. The van der Waals surface area contributed by atoms with Crippen LogP contribution < -0.4 is 21.1 Å². The molecule has 0 bridgehead atoms. The molecule has 200 valence electrons. The number of carbonyl (C=O) groups excluding carboxylic acids is 1. The number of rotatable bonds is 7. The maximum absolute atomic E-state index is 14.3. The van der Waals surface area contributed by atoms with Gasteiger partial charge in [-0.1, -0.05) is 47.5 Å². The van der Waals surface area contributed by atoms with E-state index < -0.39 is 21.7 Å². The lowest BCUT2D eigenvalue weighted by atomic mass is 10.2. The molecule has 1 amide bonds. The minimum absolute atomic E-state index is 0.0182. The lowest BCUT2D eigenvalue weighted by Gasteiger charge is -2.14. The van der Waals surface area contributed by atoms with Crippen molar-refractivity contribution < 1.29 is 17.6 Å². The maximum Gasteiger partial charge on any atom is 0.280 e. The van der Waals surface area contributed by atoms with Crippen LogP contribution in [-0.2, 0) is 16.6 Å². The molecule has 0 aliphatic heterocycles. The number of hydrogen-bond donors (Lipinski definition) is 4. The summed E-state index contributed by atoms with van der Waals surface area (Å²) in [6, 6.07) is 20.8. The molecule has 4 aromatic rings. The molecular weight excluding hydrogens is 566 g/mol. The Hall–Kier alpha value is -4.19. The number of nitrogens with zero attached hydrogens (tertiary/aromatic N) is 2. The van der Waals surface area contributed by atoms with Crippen molar-refractivity contribution >= 4 is 62.4 Å². The minimum Gasteiger partial charge on any atom is -0.398 e. The van der Waals surface area contributed by atoms with Crippen LogP contribution in [0.2, 0.25) is 10.0 Å². The standard InChI is InChI=1S/C26H21Cl2FN6O3S/c27-18-11-8-16(9-12-18)25(36)34-26(31-15-17-10-13-19(28)14-20(17)29)33-23-6-3-7-24(32-23)35-39(37,38)22-5-2-1-4-21(22)30/h1-14H,15,30H2,(H3,31,32,33,34,35,36). The van der Waals surface area contributed by atoms with Gasteiger partial charge in [-0.15, -0.1) is 0 Å². The Balaban J connectivity index is 1.59. The third-order valence-corrected chi connectivity index (χ3v) is 7.12. The highest BCUT2D eigenvalue weighted by Crippen LogP contribution is 2.21. The number of carbonyl (C=O) groups is 1. The van der Waals surface area contributed by atoms with E-state index in [1.807, 2.05) is 0 Å². The number of pyridine rings is 1. The fourth-order valence-electron chi connectivity index (χ4n) is 3.31. The molecule has 0 saturated heterocycles. The topological polar surface area (TPSA) is 139 Å². The molecule has 3 aromatic carbocycles. The normalized spacial score (nSPS) is 11.6. The zero-order valence-electron chi connectivity index (χ0n) is 20.0. The second-order valence-corrected chi connectivity index (χ2v) is 10.6. The van der Waals surface area contributed by atoms with Gasteiger partial charge in [0.25, 0.3) is 15.9 Å². The summed E-state index contributed by atoms with van der Waals surface area (Å²) in [7, 11) is -4.03. The van der Waals surface area contributed by atoms with Gasteiger partial charge in [0, 0.05) is 27.7 Å². The van der Waals surface area contributed by atoms with Gasteiger partial charge in [-0.3, -0.25) is 9.52 Å². The number of anilines is 3. The Labute approximate surface area is 233 Å². The number of hydrogen-bond acceptors (Lipinski definition) is 5. The summed E-state index contributed by atoms with van der Waals surface area (Å²) in [5.41, 5.74) is 6.41. The molecule has 0 aliphatic carbocycles. The Morgan fingerprint density at radius 2 is 1.62 bits per heavy atom. The van der Waals surface area contributed by atoms with Crippen LogP contribution in [0, 0.1) is 5.82 Å². The van der Waals surface area contributed by atoms with Crippen LogP contribution in [0.25, 0.3) is 0 Å². The fourth-order valence-corrected chi connectivity index (χ4v) is 4.73. The smallest absolute Gasteiger partial charge is 0.280 e. The van der Waals surface area contributed by atoms with E-state index in [2.05, 4.69) is 25.3 Å². The molecule has 39 heavy (non-hydrogen) atoms. The van der Waals surface area contributed by atoms with Crippen LogP contribution in [0.5, 0.6) is 0 Å². The van der Waals surface area contributed by atoms with Gasteiger partial charge in [0.1, 0.15) is 22.3 Å². The highest BCUT2D eigenvalue weighted by atomic mass is 35.5. The second-order valence-electron chi connectivity index (χ2n) is 8.04. The Bertz CT molecular complexity index is 1650. The number of guanidine groups is 1. The van der Waals surface area contributed by atoms with Crippen molar-refractivity contribution in [3.8, 4) is 0 Å². The molecule has 0 saturated carbocycles. The molecule has 0 radical (unpaired) electrons. The molecular formula is C26H21Cl2FN6O3S. The first-order chi connectivity index (χ1) is 18.6. The molecule has 1 heterocycles. The molecule has 5 N–H and O–H groups in total. The van der Waals surface area contributed by atoms with Crippen LogP contribution in [0.1, 0.15) is 15.9 Å². The Morgan fingerprint density at radius 3 is 2.33 bits per heavy atom. The van der Waals surface area contributed by atoms with E-state index in [1.54, 1.807) is 30.3 Å². The summed E-state index contributed by atoms with van der Waals surface area (Å²) < 4.78 is 42.3. The quantitative estimate of drug-likeness (QED) is 0.131. The van der Waals surface area contributed by atoms with Crippen molar-refractivity contribution in [2.75, 3.05) is 15.8 Å². The van der Waals surface area contributed by atoms with E-state index in [1.165, 1.54) is 48.5 Å². The zero-order chi connectivity index (χ0) is 28.0. The summed E-state index contributed by atoms with van der Waals surface area (Å²) in [6.45, 7) is -0.0532. The van der Waals surface area contributed by atoms with Gasteiger partial charge >= 0.3 is 0 Å². The van der Waals surface area contributed by atoms with Crippen molar-refractivity contribution in [3.63, 3.8) is 0 Å². The summed E-state index contributed by atoms with van der Waals surface area (Å²) in [6.07, 6.45) is 0. The number of sulfonamides is 1. The van der Waals surface area contributed by atoms with Crippen molar-refractivity contribution in [2.24, 2.45) is 4.99 Å². The van der Waals surface area contributed by atoms with E-state index in [4.69, 9.17) is 28.9 Å². The predicted molar refractivity (Wildman–Crippen MR) is 151 cm³/mol. The third kappa shape index (κ3) is 7.44. The summed E-state index contributed by atoms with van der Waals surface area (Å²) in [5.74, 6) is -1.11. The molecule has 0 aliphatic rings. The SMILES string of the molecule is Nc1ccccc1S(=O)(=O)Nc1cccc(N/C(=N\C(=O)c2ccc(Cl)cc2)NCc2ccc(Cl)cc2F)n1. The number of aromatic nitrogens is 1. The first kappa shape index (κ1) is 27.8. The van der Waals surface area contributed by atoms with Crippen LogP contribution >= 0.6 is 23.2 Å². The van der Waals surface area contributed by atoms with E-state index in [0.717, 1.165) is 6.07 Å². The zero-order valence-corrected chi connectivity index (χ0v) is 22.4. The lowest BCUT2D eigenvalue weighted by molar-refractivity contribution is 0.100. The number of nitrogens with one attached hydrogen (secondary N) is 3. The number of nitrogens with two attached hydrogens (primary N) is 1. The van der Waals surface area contributed by atoms with Gasteiger partial charge in [0.2, 0.25) is 5.96 Å². The van der Waals surface area contributed by atoms with E-state index in [-0.39, 0.29) is 50.9 Å². The number of benzene rings is 3. The van der Waals surface area contributed by atoms with Crippen LogP contribution in [0.3, 0.4) is 0 Å². The fraction of sp³-hybridized carbons (Fsp3) is 0.0385. The average Bonchev–Trinajstić information content (AvgIpc) is 2.88. The van der Waals surface area contributed by atoms with Crippen molar-refractivity contribution in [1.82, 2.24) is 10.3 Å². The van der Waals surface area contributed by atoms with Crippen LogP contribution in [0.15, 0.2) is 94.8 Å². The van der Waals surface area contributed by atoms with E-state index in [9.17, 15) is 17.6 Å². The largest absolute Gasteiger partial charge is 0.398 e. The van der Waals surface area contributed by atoms with Crippen LogP contribution in [0.4, 0.5) is 21.7 Å². The van der Waals surface area contributed by atoms with Gasteiger partial charge in [-0.2, -0.15) is 4.99 Å². The van der Waals surface area contributed by atoms with Crippen molar-refractivity contribution in [3.05, 3.63) is 112 Å². The second kappa shape index (κ2) is 12.1. The highest BCUT2D eigenvalue weighted by Gasteiger charge is 2.18. The van der Waals surface area contributed by atoms with Gasteiger partial charge in [0.15, 0.2) is 0 Å². The number of halogens is 3. The first-order valence-corrected chi connectivity index (χ1v) is 13.5. The van der Waals surface area contributed by atoms with Gasteiger partial charge in [-0.25, -0.2) is 17.8 Å². The molecule has 13 heteroatoms. The molecule has 0 fully saturated rings. The highest BCUT2D eigenvalue weighted by molar-refractivity contribution is 7.92. The number of nitrogen functional groups attached to an aromatic ring is 1. The number of amides is 1. The summed E-state index contributed by atoms with van der Waals surface area (Å²) >= 11 is 11.7. The summed E-state index contributed by atoms with van der Waals surface area (Å²) in [4.78, 5) is 21.0. The average molecular weight is 587 g/mol. The Morgan fingerprint density at radius 1 is 0.923 bits per heavy atom. The van der Waals surface area contributed by atoms with E-state index in [0.29, 0.717) is 5.02 Å². The molecule has 0 atom stereocenters. The molecule has 0 unspecified atom stereocenters.